The summed E-state index contributed by atoms with van der Waals surface area (Å²) >= 11 is 17.4. The molecule has 26 heavy (non-hydrogen) atoms. The normalized spacial score (nSPS) is 12.5. The van der Waals surface area contributed by atoms with Gasteiger partial charge in [-0.15, -0.1) is 0 Å². The molecule has 0 saturated carbocycles. The predicted octanol–water partition coefficient (Wildman–Crippen LogP) is 5.59. The van der Waals surface area contributed by atoms with Crippen LogP contribution < -0.4 is 16.6 Å². The van der Waals surface area contributed by atoms with Crippen molar-refractivity contribution in [3.8, 4) is 5.75 Å². The smallest absolute Gasteiger partial charge is 0.399 e. The lowest BCUT2D eigenvalue weighted by Gasteiger charge is -2.18. The van der Waals surface area contributed by atoms with E-state index in [0.717, 1.165) is 18.2 Å². The third kappa shape index (κ3) is 6.05. The van der Waals surface area contributed by atoms with Gasteiger partial charge < -0.3 is 10.0 Å². The zero-order chi connectivity index (χ0) is 19.9. The highest BCUT2D eigenvalue weighted by molar-refractivity contribution is 6.48. The van der Waals surface area contributed by atoms with Gasteiger partial charge in [-0.05, 0) is 35.4 Å². The van der Waals surface area contributed by atoms with E-state index < -0.39 is 12.1 Å². The summed E-state index contributed by atoms with van der Waals surface area (Å²) in [6.45, 7) is 0. The predicted molar refractivity (Wildman–Crippen MR) is 96.5 cm³/mol. The monoisotopic (exact) mass is 428 g/mol. The lowest BCUT2D eigenvalue weighted by molar-refractivity contribution is -0.139. The molecule has 0 aromatic heterocycles. The Hall–Kier alpha value is -1.48. The number of benzene rings is 2. The lowest BCUT2D eigenvalue weighted by Crippen LogP contribution is -2.19. The third-order valence-electron chi connectivity index (χ3n) is 3.22. The fourth-order valence-electron chi connectivity index (χ4n) is 2.03. The molecule has 0 saturated heterocycles. The van der Waals surface area contributed by atoms with Crippen LogP contribution in [0.5, 0.6) is 5.75 Å². The maximum absolute atomic E-state index is 13.4. The van der Waals surface area contributed by atoms with Crippen LogP contribution in [0.1, 0.15) is 17.0 Å². The van der Waals surface area contributed by atoms with Gasteiger partial charge in [-0.25, -0.2) is 5.90 Å². The number of rotatable bonds is 4. The summed E-state index contributed by atoms with van der Waals surface area (Å²) in [7, 11) is 0. The summed E-state index contributed by atoms with van der Waals surface area (Å²) in [6.07, 6.45) is -2.15. The summed E-state index contributed by atoms with van der Waals surface area (Å²) in [6, 6.07) is 8.55. The van der Waals surface area contributed by atoms with Crippen LogP contribution in [0.25, 0.3) is 6.08 Å². The molecule has 5 N–H and O–H groups in total. The summed E-state index contributed by atoms with van der Waals surface area (Å²) in [5.41, 5.74) is 0.455. The standard InChI is InChI=1S/C16H11Cl3F3NO.H3NO/c17-13-7-10(8-14(18)15(13)19)12(16(20,21)22)6-3-9-1-4-11(24-23)5-2-9;1-2/h1-8,12H,23H2;2H,1H2/b6-3+;. The van der Waals surface area contributed by atoms with E-state index in [1.165, 1.54) is 18.2 Å². The first-order valence-corrected chi connectivity index (χ1v) is 7.97. The zero-order valence-corrected chi connectivity index (χ0v) is 15.2. The van der Waals surface area contributed by atoms with E-state index in [1.54, 1.807) is 12.1 Å². The van der Waals surface area contributed by atoms with Crippen LogP contribution in [0.15, 0.2) is 42.5 Å². The van der Waals surface area contributed by atoms with Crippen LogP contribution >= 0.6 is 34.8 Å². The first-order valence-electron chi connectivity index (χ1n) is 6.84. The van der Waals surface area contributed by atoms with Crippen molar-refractivity contribution in [2.24, 2.45) is 11.8 Å². The van der Waals surface area contributed by atoms with Gasteiger partial charge in [0.1, 0.15) is 5.75 Å². The molecule has 142 valence electrons. The molecule has 2 aromatic rings. The van der Waals surface area contributed by atoms with Crippen molar-refractivity contribution in [2.75, 3.05) is 0 Å². The van der Waals surface area contributed by atoms with Crippen LogP contribution in [-0.2, 0) is 0 Å². The second-order valence-corrected chi connectivity index (χ2v) is 6.06. The molecule has 0 aliphatic rings. The number of hydrogen-bond acceptors (Lipinski definition) is 4. The minimum atomic E-state index is -4.52. The summed E-state index contributed by atoms with van der Waals surface area (Å²) in [5, 5.41) is 6.45. The number of hydrogen-bond donors (Lipinski definition) is 3. The molecule has 0 amide bonds. The number of nitrogens with two attached hydrogens (primary N) is 2. The minimum absolute atomic E-state index is 0.0179. The molecule has 0 aliphatic heterocycles. The van der Waals surface area contributed by atoms with E-state index in [-0.39, 0.29) is 20.6 Å². The van der Waals surface area contributed by atoms with Gasteiger partial charge in [0.05, 0.1) is 21.0 Å². The second kappa shape index (κ2) is 10.0. The average molecular weight is 430 g/mol. The van der Waals surface area contributed by atoms with E-state index >= 15 is 0 Å². The molecular formula is C16H14Cl3F3N2O2. The zero-order valence-electron chi connectivity index (χ0n) is 13.0. The van der Waals surface area contributed by atoms with Gasteiger partial charge in [0.25, 0.3) is 0 Å². The molecule has 0 spiro atoms. The molecule has 2 rings (SSSR count). The fourth-order valence-corrected chi connectivity index (χ4v) is 2.64. The summed E-state index contributed by atoms with van der Waals surface area (Å²) in [4.78, 5) is 4.51. The first-order chi connectivity index (χ1) is 12.2. The van der Waals surface area contributed by atoms with Gasteiger partial charge in [-0.3, -0.25) is 0 Å². The van der Waals surface area contributed by atoms with Crippen molar-refractivity contribution in [3.05, 3.63) is 68.7 Å². The van der Waals surface area contributed by atoms with Gasteiger partial charge in [0, 0.05) is 0 Å². The molecule has 10 heteroatoms. The molecule has 2 aromatic carbocycles. The molecule has 4 nitrogen and oxygen atoms in total. The molecule has 0 heterocycles. The number of halogens is 6. The highest BCUT2D eigenvalue weighted by Crippen LogP contribution is 2.41. The molecule has 1 unspecified atom stereocenters. The van der Waals surface area contributed by atoms with Crippen LogP contribution in [0, 0.1) is 0 Å². The first kappa shape index (κ1) is 22.6. The molecule has 0 fully saturated rings. The van der Waals surface area contributed by atoms with Crippen molar-refractivity contribution >= 4 is 40.9 Å². The Morgan fingerprint density at radius 3 is 1.92 bits per heavy atom. The summed E-state index contributed by atoms with van der Waals surface area (Å²) in [5.74, 6) is 7.01. The second-order valence-electron chi connectivity index (χ2n) is 4.86. The van der Waals surface area contributed by atoms with Crippen LogP contribution in [-0.4, -0.2) is 11.4 Å². The van der Waals surface area contributed by atoms with E-state index in [9.17, 15) is 13.2 Å². The topological polar surface area (TPSA) is 81.5 Å². The quantitative estimate of drug-likeness (QED) is 0.437. The maximum Gasteiger partial charge on any atom is 0.399 e. The Morgan fingerprint density at radius 1 is 1.00 bits per heavy atom. The van der Waals surface area contributed by atoms with E-state index in [0.29, 0.717) is 11.3 Å². The minimum Gasteiger partial charge on any atom is -0.412 e. The fraction of sp³-hybridized carbons (Fsp3) is 0.125. The number of allylic oxidation sites excluding steroid dienone is 1. The van der Waals surface area contributed by atoms with Crippen molar-refractivity contribution in [1.29, 1.82) is 0 Å². The van der Waals surface area contributed by atoms with Crippen LogP contribution in [0.2, 0.25) is 15.1 Å². The maximum atomic E-state index is 13.4. The van der Waals surface area contributed by atoms with Gasteiger partial charge in [-0.2, -0.15) is 19.1 Å². The van der Waals surface area contributed by atoms with Crippen molar-refractivity contribution in [3.63, 3.8) is 0 Å². The highest BCUT2D eigenvalue weighted by atomic mass is 35.5. The van der Waals surface area contributed by atoms with Crippen molar-refractivity contribution in [2.45, 2.75) is 12.1 Å². The Morgan fingerprint density at radius 2 is 1.50 bits per heavy atom. The van der Waals surface area contributed by atoms with Gasteiger partial charge >= 0.3 is 6.18 Å². The highest BCUT2D eigenvalue weighted by Gasteiger charge is 2.39. The Kier molecular flexibility index (Phi) is 8.69. The lowest BCUT2D eigenvalue weighted by atomic mass is 9.97. The van der Waals surface area contributed by atoms with Crippen LogP contribution in [0.4, 0.5) is 13.2 Å². The van der Waals surface area contributed by atoms with Gasteiger partial charge in [0.2, 0.25) is 0 Å². The third-order valence-corrected chi connectivity index (χ3v) is 4.41. The van der Waals surface area contributed by atoms with Gasteiger partial charge in [-0.1, -0.05) is 59.1 Å². The SMILES string of the molecule is NO.NOc1ccc(/C=C/C(c2cc(Cl)c(Cl)c(Cl)c2)C(F)(F)F)cc1. The Labute approximate surface area is 162 Å². The Bertz CT molecular complexity index is 730. The van der Waals surface area contributed by atoms with E-state index in [1.807, 2.05) is 0 Å². The largest absolute Gasteiger partial charge is 0.412 e. The van der Waals surface area contributed by atoms with Crippen molar-refractivity contribution < 1.29 is 23.2 Å². The van der Waals surface area contributed by atoms with Gasteiger partial charge in [0.15, 0.2) is 0 Å². The van der Waals surface area contributed by atoms with Crippen molar-refractivity contribution in [1.82, 2.24) is 0 Å². The molecule has 1 atom stereocenters. The molecule has 0 radical (unpaired) electrons. The average Bonchev–Trinajstić information content (AvgIpc) is 2.61. The number of alkyl halides is 3. The molecule has 0 bridgehead atoms. The Balaban J connectivity index is 0.00000163. The van der Waals surface area contributed by atoms with E-state index in [4.69, 9.17) is 45.9 Å². The summed E-state index contributed by atoms with van der Waals surface area (Å²) < 4.78 is 40.2. The van der Waals surface area contributed by atoms with E-state index in [2.05, 4.69) is 10.7 Å². The molecular weight excluding hydrogens is 416 g/mol. The molecule has 0 aliphatic carbocycles. The van der Waals surface area contributed by atoms with Crippen LogP contribution in [0.3, 0.4) is 0 Å².